The minimum atomic E-state index is -3.60. The highest BCUT2D eigenvalue weighted by Crippen LogP contribution is 2.11. The van der Waals surface area contributed by atoms with Gasteiger partial charge in [-0.15, -0.1) is 0 Å². The monoisotopic (exact) mass is 184 g/mol. The second kappa shape index (κ2) is 3.12. The zero-order valence-electron chi connectivity index (χ0n) is 6.19. The maximum atomic E-state index is 10.8. The van der Waals surface area contributed by atoms with E-state index in [9.17, 15) is 8.42 Å². The quantitative estimate of drug-likeness (QED) is 0.654. The van der Waals surface area contributed by atoms with Crippen molar-refractivity contribution in [3.8, 4) is 0 Å². The molecule has 0 fully saturated rings. The summed E-state index contributed by atoms with van der Waals surface area (Å²) in [5, 5.41) is 7.24. The lowest BCUT2D eigenvalue weighted by Crippen LogP contribution is -2.11. The zero-order valence-corrected chi connectivity index (χ0v) is 7.01. The van der Waals surface area contributed by atoms with Crippen LogP contribution in [0, 0.1) is 7.05 Å². The molecule has 1 aromatic rings. The second-order valence-electron chi connectivity index (χ2n) is 2.21. The molecular formula is C7H8N2O2S. The Morgan fingerprint density at radius 2 is 1.75 bits per heavy atom. The molecule has 64 valence electrons. The third kappa shape index (κ3) is 1.96. The van der Waals surface area contributed by atoms with E-state index in [1.807, 2.05) is 0 Å². The van der Waals surface area contributed by atoms with E-state index in [-0.39, 0.29) is 4.90 Å². The van der Waals surface area contributed by atoms with Gasteiger partial charge in [0.05, 0.1) is 11.9 Å². The van der Waals surface area contributed by atoms with Crippen molar-refractivity contribution in [2.45, 2.75) is 4.90 Å². The molecule has 1 aromatic carbocycles. The molecule has 0 aliphatic carbocycles. The lowest BCUT2D eigenvalue weighted by molar-refractivity contribution is 0.598. The van der Waals surface area contributed by atoms with Gasteiger partial charge < -0.3 is 5.32 Å². The van der Waals surface area contributed by atoms with Crippen molar-refractivity contribution in [3.05, 3.63) is 31.3 Å². The number of nitrogens with two attached hydrogens (primary N) is 1. The van der Waals surface area contributed by atoms with E-state index in [1.54, 1.807) is 0 Å². The molecule has 2 radical (unpaired) electrons. The van der Waals surface area contributed by atoms with Gasteiger partial charge in [-0.2, -0.15) is 0 Å². The van der Waals surface area contributed by atoms with Crippen LogP contribution in [0.3, 0.4) is 0 Å². The lowest BCUT2D eigenvalue weighted by Gasteiger charge is -2.00. The van der Waals surface area contributed by atoms with E-state index in [4.69, 9.17) is 12.2 Å². The van der Waals surface area contributed by atoms with Crippen molar-refractivity contribution in [3.63, 3.8) is 0 Å². The number of anilines is 1. The summed E-state index contributed by atoms with van der Waals surface area (Å²) in [5.41, 5.74) is 0.627. The van der Waals surface area contributed by atoms with Crippen molar-refractivity contribution in [2.75, 3.05) is 5.32 Å². The first kappa shape index (κ1) is 9.02. The maximum absolute atomic E-state index is 10.8. The molecule has 0 bridgehead atoms. The summed E-state index contributed by atoms with van der Waals surface area (Å²) in [5.74, 6) is 0. The highest BCUT2D eigenvalue weighted by Gasteiger charge is 2.05. The lowest BCUT2D eigenvalue weighted by atomic mass is 10.3. The van der Waals surface area contributed by atoms with Gasteiger partial charge in [0.25, 0.3) is 0 Å². The number of nitrogens with one attached hydrogen (secondary N) is 1. The van der Waals surface area contributed by atoms with Gasteiger partial charge in [0.2, 0.25) is 10.0 Å². The number of hydrogen-bond donors (Lipinski definition) is 2. The van der Waals surface area contributed by atoms with Crippen molar-refractivity contribution < 1.29 is 8.42 Å². The molecule has 0 heterocycles. The van der Waals surface area contributed by atoms with E-state index in [0.29, 0.717) is 5.69 Å². The van der Waals surface area contributed by atoms with Crippen molar-refractivity contribution in [1.29, 1.82) is 0 Å². The third-order valence-electron chi connectivity index (χ3n) is 1.35. The van der Waals surface area contributed by atoms with Gasteiger partial charge in [0.1, 0.15) is 0 Å². The van der Waals surface area contributed by atoms with E-state index in [0.717, 1.165) is 0 Å². The molecule has 12 heavy (non-hydrogen) atoms. The Bertz CT molecular complexity index is 355. The smallest absolute Gasteiger partial charge is 0.238 e. The minimum absolute atomic E-state index is 0.0708. The van der Waals surface area contributed by atoms with E-state index in [2.05, 4.69) is 5.32 Å². The van der Waals surface area contributed by atoms with Crippen molar-refractivity contribution in [2.24, 2.45) is 5.14 Å². The van der Waals surface area contributed by atoms with Crippen molar-refractivity contribution >= 4 is 15.7 Å². The normalized spacial score (nSPS) is 11.2. The van der Waals surface area contributed by atoms with Gasteiger partial charge in [-0.1, -0.05) is 0 Å². The molecule has 0 amide bonds. The molecule has 0 aliphatic rings. The average molecular weight is 184 g/mol. The largest absolute Gasteiger partial charge is 0.378 e. The van der Waals surface area contributed by atoms with Crippen molar-refractivity contribution in [1.82, 2.24) is 0 Å². The fraction of sp³-hybridized carbons (Fsp3) is 0. The van der Waals surface area contributed by atoms with Gasteiger partial charge in [-0.3, -0.25) is 0 Å². The van der Waals surface area contributed by atoms with Crippen LogP contribution in [-0.4, -0.2) is 8.42 Å². The first-order valence-electron chi connectivity index (χ1n) is 3.13. The Balaban J connectivity index is 3.09. The first-order valence-corrected chi connectivity index (χ1v) is 4.68. The fourth-order valence-corrected chi connectivity index (χ4v) is 1.26. The van der Waals surface area contributed by atoms with Gasteiger partial charge in [0, 0.05) is 5.69 Å². The molecule has 0 saturated carbocycles. The van der Waals surface area contributed by atoms with Gasteiger partial charge in [-0.05, 0) is 24.3 Å². The van der Waals surface area contributed by atoms with Crippen LogP contribution in [0.5, 0.6) is 0 Å². The van der Waals surface area contributed by atoms with Crippen LogP contribution in [0.2, 0.25) is 0 Å². The van der Waals surface area contributed by atoms with Gasteiger partial charge in [0.15, 0.2) is 0 Å². The number of sulfonamides is 1. The van der Waals surface area contributed by atoms with Crippen LogP contribution in [-0.2, 0) is 10.0 Å². The minimum Gasteiger partial charge on any atom is -0.378 e. The molecule has 0 aliphatic heterocycles. The predicted molar refractivity (Wildman–Crippen MR) is 45.7 cm³/mol. The summed E-state index contributed by atoms with van der Waals surface area (Å²) in [6.45, 7) is 0. The third-order valence-corrected chi connectivity index (χ3v) is 2.28. The maximum Gasteiger partial charge on any atom is 0.238 e. The summed E-state index contributed by atoms with van der Waals surface area (Å²) in [4.78, 5) is 0.0708. The Labute approximate surface area is 71.4 Å². The van der Waals surface area contributed by atoms with Gasteiger partial charge >= 0.3 is 0 Å². The fourth-order valence-electron chi connectivity index (χ4n) is 0.741. The average Bonchev–Trinajstić information content (AvgIpc) is 2.03. The molecule has 0 unspecified atom stereocenters. The van der Waals surface area contributed by atoms with Crippen LogP contribution in [0.4, 0.5) is 5.69 Å². The summed E-state index contributed by atoms with van der Waals surface area (Å²) in [7, 11) is 1.48. The Morgan fingerprint density at radius 3 is 2.08 bits per heavy atom. The predicted octanol–water partition coefficient (Wildman–Crippen LogP) is 0.414. The summed E-state index contributed by atoms with van der Waals surface area (Å²) >= 11 is 0. The van der Waals surface area contributed by atoms with Crippen LogP contribution in [0.15, 0.2) is 29.2 Å². The Hall–Kier alpha value is -1.07. The number of rotatable bonds is 2. The molecule has 3 N–H and O–H groups in total. The zero-order chi connectivity index (χ0) is 9.19. The van der Waals surface area contributed by atoms with Crippen LogP contribution < -0.4 is 10.5 Å². The van der Waals surface area contributed by atoms with Crippen LogP contribution >= 0.6 is 0 Å². The van der Waals surface area contributed by atoms with Gasteiger partial charge in [-0.25, -0.2) is 13.6 Å². The molecule has 1 rings (SSSR count). The first-order chi connectivity index (χ1) is 5.54. The molecular weight excluding hydrogens is 176 g/mol. The molecule has 5 heteroatoms. The highest BCUT2D eigenvalue weighted by atomic mass is 32.2. The number of benzene rings is 1. The molecule has 4 nitrogen and oxygen atoms in total. The Kier molecular flexibility index (Phi) is 2.35. The summed E-state index contributed by atoms with van der Waals surface area (Å²) in [6, 6.07) is 5.81. The van der Waals surface area contributed by atoms with E-state index in [1.165, 1.54) is 24.3 Å². The topological polar surface area (TPSA) is 72.2 Å². The van der Waals surface area contributed by atoms with E-state index >= 15 is 0 Å². The second-order valence-corrected chi connectivity index (χ2v) is 3.78. The SMILES string of the molecule is [CH]Nc1ccc(S(N)(=O)=O)cc1. The summed E-state index contributed by atoms with van der Waals surface area (Å²) < 4.78 is 21.5. The van der Waals surface area contributed by atoms with Crippen LogP contribution in [0.1, 0.15) is 0 Å². The van der Waals surface area contributed by atoms with Crippen LogP contribution in [0.25, 0.3) is 0 Å². The Morgan fingerprint density at radius 1 is 1.25 bits per heavy atom. The number of hydrogen-bond acceptors (Lipinski definition) is 3. The molecule has 0 saturated heterocycles. The van der Waals surface area contributed by atoms with E-state index < -0.39 is 10.0 Å². The standard InChI is InChI=1S/C7H8N2O2S/c1-9-6-2-4-7(5-3-6)12(8,10)11/h1-5,9H,(H2,8,10,11). The molecule has 0 aromatic heterocycles. The molecule has 0 spiro atoms. The highest BCUT2D eigenvalue weighted by molar-refractivity contribution is 7.89. The summed E-state index contributed by atoms with van der Waals surface area (Å²) in [6.07, 6.45) is 0. The number of primary sulfonamides is 1. The molecule has 0 atom stereocenters.